The van der Waals surface area contributed by atoms with Crippen LogP contribution in [-0.4, -0.2) is 59.0 Å². The first kappa shape index (κ1) is 24.0. The molecule has 3 rings (SSSR count). The molecule has 0 saturated carbocycles. The Labute approximate surface area is 195 Å². The number of ether oxygens (including phenoxy) is 1. The molecule has 1 aliphatic rings. The van der Waals surface area contributed by atoms with E-state index in [2.05, 4.69) is 20.7 Å². The topological polar surface area (TPSA) is 83.8 Å². The minimum atomic E-state index is -0.222. The van der Waals surface area contributed by atoms with Crippen molar-refractivity contribution in [3.8, 4) is 5.69 Å². The smallest absolute Gasteiger partial charge is 0.409 e. The Morgan fingerprint density at radius 2 is 1.93 bits per heavy atom. The van der Waals surface area contributed by atoms with Crippen molar-refractivity contribution in [2.45, 2.75) is 39.3 Å². The van der Waals surface area contributed by atoms with Crippen molar-refractivity contribution in [1.82, 2.24) is 25.3 Å². The number of guanidine groups is 1. The maximum Gasteiger partial charge on any atom is 0.409 e. The third-order valence-corrected chi connectivity index (χ3v) is 4.77. The molecule has 0 radical (unpaired) electrons. The molecule has 2 heterocycles. The van der Waals surface area contributed by atoms with Crippen LogP contribution in [0.15, 0.2) is 47.6 Å². The number of para-hydroxylation sites is 1. The number of benzene rings is 1. The van der Waals surface area contributed by atoms with Crippen molar-refractivity contribution in [3.63, 3.8) is 0 Å². The summed E-state index contributed by atoms with van der Waals surface area (Å²) in [7, 11) is 0. The van der Waals surface area contributed by atoms with Crippen LogP contribution in [-0.2, 0) is 11.3 Å². The van der Waals surface area contributed by atoms with Crippen LogP contribution in [0.4, 0.5) is 4.79 Å². The fourth-order valence-corrected chi connectivity index (χ4v) is 3.27. The van der Waals surface area contributed by atoms with Gasteiger partial charge in [-0.3, -0.25) is 0 Å². The lowest BCUT2D eigenvalue weighted by Crippen LogP contribution is -2.49. The van der Waals surface area contributed by atoms with E-state index >= 15 is 0 Å². The Kier molecular flexibility index (Phi) is 9.92. The van der Waals surface area contributed by atoms with Crippen LogP contribution >= 0.6 is 24.0 Å². The average molecular weight is 526 g/mol. The highest BCUT2D eigenvalue weighted by molar-refractivity contribution is 14.0. The summed E-state index contributed by atoms with van der Waals surface area (Å²) >= 11 is 0. The van der Waals surface area contributed by atoms with E-state index in [4.69, 9.17) is 4.74 Å². The van der Waals surface area contributed by atoms with E-state index in [0.29, 0.717) is 26.2 Å². The SMILES string of the molecule is CCNC(=NCc1ccn(-c2ccccc2)n1)NC1CCN(C(=O)OCC)CC1.I. The number of rotatable bonds is 6. The van der Waals surface area contributed by atoms with E-state index in [1.54, 1.807) is 4.90 Å². The van der Waals surface area contributed by atoms with Gasteiger partial charge in [0, 0.05) is 31.9 Å². The van der Waals surface area contributed by atoms with Crippen molar-refractivity contribution in [3.05, 3.63) is 48.3 Å². The molecule has 2 N–H and O–H groups in total. The molecule has 1 amide bonds. The number of halogens is 1. The van der Waals surface area contributed by atoms with Crippen molar-refractivity contribution >= 4 is 36.0 Å². The summed E-state index contributed by atoms with van der Waals surface area (Å²) in [5.41, 5.74) is 1.93. The number of aromatic nitrogens is 2. The number of amides is 1. The molecule has 0 unspecified atom stereocenters. The number of nitrogens with one attached hydrogen (secondary N) is 2. The second-order valence-electron chi connectivity index (χ2n) is 6.89. The third kappa shape index (κ3) is 6.89. The molecule has 8 nitrogen and oxygen atoms in total. The second kappa shape index (κ2) is 12.4. The molecule has 1 saturated heterocycles. The maximum atomic E-state index is 11.8. The molecule has 1 aromatic heterocycles. The maximum absolute atomic E-state index is 11.8. The predicted octanol–water partition coefficient (Wildman–Crippen LogP) is 3.17. The van der Waals surface area contributed by atoms with Gasteiger partial charge in [0.15, 0.2) is 5.96 Å². The molecule has 30 heavy (non-hydrogen) atoms. The van der Waals surface area contributed by atoms with Crippen molar-refractivity contribution in [2.24, 2.45) is 4.99 Å². The molecule has 0 bridgehead atoms. The Hall–Kier alpha value is -2.30. The Balaban J connectivity index is 0.00000320. The number of hydrogen-bond acceptors (Lipinski definition) is 4. The molecule has 164 valence electrons. The molecule has 0 atom stereocenters. The zero-order valence-corrected chi connectivity index (χ0v) is 19.9. The van der Waals surface area contributed by atoms with Gasteiger partial charge >= 0.3 is 6.09 Å². The first-order chi connectivity index (χ1) is 14.2. The van der Waals surface area contributed by atoms with Gasteiger partial charge < -0.3 is 20.3 Å². The van der Waals surface area contributed by atoms with Crippen molar-refractivity contribution in [1.29, 1.82) is 0 Å². The highest BCUT2D eigenvalue weighted by Gasteiger charge is 2.24. The summed E-state index contributed by atoms with van der Waals surface area (Å²) in [6.45, 7) is 6.95. The zero-order chi connectivity index (χ0) is 20.5. The number of carbonyl (C=O) groups excluding carboxylic acids is 1. The fourth-order valence-electron chi connectivity index (χ4n) is 3.27. The van der Waals surface area contributed by atoms with Gasteiger partial charge in [-0.25, -0.2) is 14.5 Å². The standard InChI is InChI=1S/C21H30N6O2.HI/c1-3-22-20(24-17-10-13-26(14-11-17)21(28)29-4-2)23-16-18-12-15-27(25-18)19-8-6-5-7-9-19;/h5-9,12,15,17H,3-4,10-11,13-14,16H2,1-2H3,(H2,22,23,24);1H. The monoisotopic (exact) mass is 526 g/mol. The number of aliphatic imine (C=N–C) groups is 1. The van der Waals surface area contributed by atoms with Crippen molar-refractivity contribution < 1.29 is 9.53 Å². The lowest BCUT2D eigenvalue weighted by atomic mass is 10.1. The first-order valence-corrected chi connectivity index (χ1v) is 10.3. The van der Waals surface area contributed by atoms with E-state index in [1.807, 2.05) is 61.1 Å². The van der Waals surface area contributed by atoms with E-state index in [-0.39, 0.29) is 36.1 Å². The first-order valence-electron chi connectivity index (χ1n) is 10.3. The van der Waals surface area contributed by atoms with Crippen molar-refractivity contribution in [2.75, 3.05) is 26.2 Å². The number of nitrogens with zero attached hydrogens (tertiary/aromatic N) is 4. The van der Waals surface area contributed by atoms with E-state index < -0.39 is 0 Å². The number of piperidine rings is 1. The Bertz CT molecular complexity index is 803. The van der Waals surface area contributed by atoms with Crippen LogP contribution in [0.2, 0.25) is 0 Å². The van der Waals surface area contributed by atoms with Gasteiger partial charge in [-0.05, 0) is 44.9 Å². The summed E-state index contributed by atoms with van der Waals surface area (Å²) in [5.74, 6) is 0.774. The lowest BCUT2D eigenvalue weighted by Gasteiger charge is -2.32. The molecular weight excluding hydrogens is 495 g/mol. The average Bonchev–Trinajstić information content (AvgIpc) is 3.23. The molecule has 1 aliphatic heterocycles. The van der Waals surface area contributed by atoms with Gasteiger partial charge in [0.2, 0.25) is 0 Å². The summed E-state index contributed by atoms with van der Waals surface area (Å²) in [6.07, 6.45) is 3.46. The quantitative estimate of drug-likeness (QED) is 0.343. The zero-order valence-electron chi connectivity index (χ0n) is 17.6. The van der Waals surface area contributed by atoms with Gasteiger partial charge in [0.25, 0.3) is 0 Å². The van der Waals surface area contributed by atoms with Gasteiger partial charge in [0.1, 0.15) is 0 Å². The molecule has 0 spiro atoms. The Morgan fingerprint density at radius 3 is 2.60 bits per heavy atom. The molecule has 0 aliphatic carbocycles. The summed E-state index contributed by atoms with van der Waals surface area (Å²) in [5, 5.41) is 11.4. The number of likely N-dealkylation sites (tertiary alicyclic amines) is 1. The second-order valence-corrected chi connectivity index (χ2v) is 6.89. The van der Waals surface area contributed by atoms with Gasteiger partial charge in [-0.1, -0.05) is 18.2 Å². The van der Waals surface area contributed by atoms with Crippen LogP contribution < -0.4 is 10.6 Å². The normalized spacial score (nSPS) is 14.7. The summed E-state index contributed by atoms with van der Waals surface area (Å²) in [4.78, 5) is 18.3. The van der Waals surface area contributed by atoms with Crippen LogP contribution in [0.5, 0.6) is 0 Å². The number of hydrogen-bond donors (Lipinski definition) is 2. The van der Waals surface area contributed by atoms with Crippen LogP contribution in [0.3, 0.4) is 0 Å². The minimum absolute atomic E-state index is 0. The van der Waals surface area contributed by atoms with Gasteiger partial charge in [0.05, 0.1) is 24.5 Å². The lowest BCUT2D eigenvalue weighted by molar-refractivity contribution is 0.0963. The van der Waals surface area contributed by atoms with Crippen LogP contribution in [0.1, 0.15) is 32.4 Å². The van der Waals surface area contributed by atoms with Gasteiger partial charge in [-0.2, -0.15) is 5.10 Å². The number of carbonyl (C=O) groups is 1. The van der Waals surface area contributed by atoms with E-state index in [9.17, 15) is 4.79 Å². The summed E-state index contributed by atoms with van der Waals surface area (Å²) in [6, 6.07) is 12.3. The Morgan fingerprint density at radius 1 is 1.20 bits per heavy atom. The molecule has 9 heteroatoms. The molecule has 1 fully saturated rings. The van der Waals surface area contributed by atoms with Crippen LogP contribution in [0, 0.1) is 0 Å². The predicted molar refractivity (Wildman–Crippen MR) is 129 cm³/mol. The van der Waals surface area contributed by atoms with Crippen LogP contribution in [0.25, 0.3) is 5.69 Å². The van der Waals surface area contributed by atoms with E-state index in [1.165, 1.54) is 0 Å². The highest BCUT2D eigenvalue weighted by atomic mass is 127. The van der Waals surface area contributed by atoms with E-state index in [0.717, 1.165) is 36.7 Å². The fraction of sp³-hybridized carbons (Fsp3) is 0.476. The summed E-state index contributed by atoms with van der Waals surface area (Å²) < 4.78 is 6.94. The molecule has 2 aromatic rings. The van der Waals surface area contributed by atoms with Gasteiger partial charge in [-0.15, -0.1) is 24.0 Å². The highest BCUT2D eigenvalue weighted by Crippen LogP contribution is 2.12. The third-order valence-electron chi connectivity index (χ3n) is 4.77. The molecular formula is C21H31IN6O2. The largest absolute Gasteiger partial charge is 0.450 e. The molecule has 1 aromatic carbocycles. The minimum Gasteiger partial charge on any atom is -0.450 e.